The van der Waals surface area contributed by atoms with Crippen LogP contribution in [-0.4, -0.2) is 55.5 Å². The van der Waals surface area contributed by atoms with Crippen molar-refractivity contribution in [2.75, 3.05) is 32.8 Å². The normalized spacial score (nSPS) is 17.6. The standard InChI is InChI=1S/C19H27N3O3/c1-2-8-20-18(23)13-22-9-5-16(6-10-22)21-19(24)15-3-4-17-14(12-15)7-11-25-17/h3-4,12,16H,2,5-11,13H2,1H3,(H,20,23)(H,21,24). The summed E-state index contributed by atoms with van der Waals surface area (Å²) in [5.41, 5.74) is 1.81. The predicted octanol–water partition coefficient (Wildman–Crippen LogP) is 1.34. The maximum absolute atomic E-state index is 12.5. The number of ether oxygens (including phenoxy) is 1. The first-order valence-electron chi connectivity index (χ1n) is 9.21. The fraction of sp³-hybridized carbons (Fsp3) is 0.579. The summed E-state index contributed by atoms with van der Waals surface area (Å²) in [6.07, 6.45) is 3.57. The summed E-state index contributed by atoms with van der Waals surface area (Å²) in [6, 6.07) is 5.82. The Hall–Kier alpha value is -2.08. The summed E-state index contributed by atoms with van der Waals surface area (Å²) in [4.78, 5) is 26.4. The molecule has 6 nitrogen and oxygen atoms in total. The van der Waals surface area contributed by atoms with Crippen molar-refractivity contribution >= 4 is 11.8 Å². The third-order valence-electron chi connectivity index (χ3n) is 4.81. The van der Waals surface area contributed by atoms with E-state index in [2.05, 4.69) is 15.5 Å². The number of nitrogens with zero attached hydrogens (tertiary/aromatic N) is 1. The molecule has 0 radical (unpaired) electrons. The van der Waals surface area contributed by atoms with E-state index in [1.165, 1.54) is 0 Å². The molecule has 1 fully saturated rings. The summed E-state index contributed by atoms with van der Waals surface area (Å²) >= 11 is 0. The van der Waals surface area contributed by atoms with Crippen LogP contribution in [0.3, 0.4) is 0 Å². The van der Waals surface area contributed by atoms with Crippen molar-refractivity contribution in [3.63, 3.8) is 0 Å². The zero-order valence-electron chi connectivity index (χ0n) is 14.8. The molecule has 25 heavy (non-hydrogen) atoms. The summed E-state index contributed by atoms with van der Waals surface area (Å²) in [5, 5.41) is 6.03. The van der Waals surface area contributed by atoms with Gasteiger partial charge < -0.3 is 15.4 Å². The number of amides is 2. The number of hydrogen-bond donors (Lipinski definition) is 2. The van der Waals surface area contributed by atoms with Crippen LogP contribution in [0.15, 0.2) is 18.2 Å². The van der Waals surface area contributed by atoms with Gasteiger partial charge in [-0.2, -0.15) is 0 Å². The number of benzene rings is 1. The van der Waals surface area contributed by atoms with Crippen molar-refractivity contribution in [3.05, 3.63) is 29.3 Å². The zero-order valence-corrected chi connectivity index (χ0v) is 14.8. The number of hydrogen-bond acceptors (Lipinski definition) is 4. The molecule has 136 valence electrons. The first-order valence-corrected chi connectivity index (χ1v) is 9.21. The number of likely N-dealkylation sites (tertiary alicyclic amines) is 1. The predicted molar refractivity (Wildman–Crippen MR) is 95.9 cm³/mol. The monoisotopic (exact) mass is 345 g/mol. The van der Waals surface area contributed by atoms with Crippen LogP contribution in [0.1, 0.15) is 42.1 Å². The van der Waals surface area contributed by atoms with Gasteiger partial charge in [-0.1, -0.05) is 6.92 Å². The van der Waals surface area contributed by atoms with Crippen LogP contribution in [0.5, 0.6) is 5.75 Å². The first kappa shape index (κ1) is 17.7. The Morgan fingerprint density at radius 3 is 2.84 bits per heavy atom. The number of nitrogens with one attached hydrogen (secondary N) is 2. The van der Waals surface area contributed by atoms with Gasteiger partial charge >= 0.3 is 0 Å². The molecule has 0 unspecified atom stereocenters. The van der Waals surface area contributed by atoms with E-state index >= 15 is 0 Å². The molecule has 0 saturated carbocycles. The minimum atomic E-state index is -0.0196. The van der Waals surface area contributed by atoms with Crippen LogP contribution in [0.4, 0.5) is 0 Å². The molecule has 2 aliphatic heterocycles. The van der Waals surface area contributed by atoms with Crippen molar-refractivity contribution < 1.29 is 14.3 Å². The second kappa shape index (κ2) is 8.34. The molecule has 2 heterocycles. The van der Waals surface area contributed by atoms with Gasteiger partial charge in [-0.05, 0) is 43.0 Å². The molecule has 0 aromatic heterocycles. The molecule has 3 rings (SSSR count). The number of fused-ring (bicyclic) bond motifs is 1. The highest BCUT2D eigenvalue weighted by Gasteiger charge is 2.23. The van der Waals surface area contributed by atoms with Crippen LogP contribution in [0.25, 0.3) is 0 Å². The minimum Gasteiger partial charge on any atom is -0.493 e. The largest absolute Gasteiger partial charge is 0.493 e. The van der Waals surface area contributed by atoms with Crippen molar-refractivity contribution in [1.29, 1.82) is 0 Å². The number of piperidine rings is 1. The SMILES string of the molecule is CCCNC(=O)CN1CCC(NC(=O)c2ccc3c(c2)CCO3)CC1. The Kier molecular flexibility index (Phi) is 5.91. The Morgan fingerprint density at radius 1 is 1.28 bits per heavy atom. The van der Waals surface area contributed by atoms with Crippen LogP contribution in [0, 0.1) is 0 Å². The highest BCUT2D eigenvalue weighted by atomic mass is 16.5. The van der Waals surface area contributed by atoms with Gasteiger partial charge in [0.2, 0.25) is 5.91 Å². The van der Waals surface area contributed by atoms with Gasteiger partial charge in [-0.25, -0.2) is 0 Å². The smallest absolute Gasteiger partial charge is 0.251 e. The summed E-state index contributed by atoms with van der Waals surface area (Å²) < 4.78 is 5.48. The van der Waals surface area contributed by atoms with Crippen LogP contribution >= 0.6 is 0 Å². The van der Waals surface area contributed by atoms with E-state index in [1.54, 1.807) is 0 Å². The lowest BCUT2D eigenvalue weighted by molar-refractivity contribution is -0.122. The summed E-state index contributed by atoms with van der Waals surface area (Å²) in [7, 11) is 0. The molecule has 2 amide bonds. The third kappa shape index (κ3) is 4.72. The van der Waals surface area contributed by atoms with Crippen molar-refractivity contribution in [1.82, 2.24) is 15.5 Å². The van der Waals surface area contributed by atoms with E-state index < -0.39 is 0 Å². The van der Waals surface area contributed by atoms with E-state index in [9.17, 15) is 9.59 Å². The van der Waals surface area contributed by atoms with Gasteiger partial charge in [-0.15, -0.1) is 0 Å². The lowest BCUT2D eigenvalue weighted by Crippen LogP contribution is -2.47. The Morgan fingerprint density at radius 2 is 2.08 bits per heavy atom. The maximum Gasteiger partial charge on any atom is 0.251 e. The number of carbonyl (C=O) groups excluding carboxylic acids is 2. The molecule has 0 aliphatic carbocycles. The molecule has 2 aliphatic rings. The lowest BCUT2D eigenvalue weighted by atomic mass is 10.0. The topological polar surface area (TPSA) is 70.7 Å². The second-order valence-electron chi connectivity index (χ2n) is 6.79. The number of rotatable bonds is 6. The molecule has 1 saturated heterocycles. The van der Waals surface area contributed by atoms with Crippen LogP contribution in [0.2, 0.25) is 0 Å². The highest BCUT2D eigenvalue weighted by molar-refractivity contribution is 5.94. The molecular formula is C19H27N3O3. The number of carbonyl (C=O) groups is 2. The van der Waals surface area contributed by atoms with E-state index in [-0.39, 0.29) is 17.9 Å². The lowest BCUT2D eigenvalue weighted by Gasteiger charge is -2.31. The summed E-state index contributed by atoms with van der Waals surface area (Å²) in [5.74, 6) is 0.963. The quantitative estimate of drug-likeness (QED) is 0.816. The average molecular weight is 345 g/mol. The molecule has 1 aromatic carbocycles. The fourth-order valence-corrected chi connectivity index (χ4v) is 3.36. The highest BCUT2D eigenvalue weighted by Crippen LogP contribution is 2.26. The minimum absolute atomic E-state index is 0.0196. The Bertz CT molecular complexity index is 624. The van der Waals surface area contributed by atoms with Gasteiger partial charge in [0, 0.05) is 37.7 Å². The molecule has 1 aromatic rings. The van der Waals surface area contributed by atoms with Crippen molar-refractivity contribution in [2.24, 2.45) is 0 Å². The van der Waals surface area contributed by atoms with Gasteiger partial charge in [0.15, 0.2) is 0 Å². The zero-order chi connectivity index (χ0) is 17.6. The van der Waals surface area contributed by atoms with Crippen LogP contribution < -0.4 is 15.4 Å². The third-order valence-corrected chi connectivity index (χ3v) is 4.81. The van der Waals surface area contributed by atoms with Crippen LogP contribution in [-0.2, 0) is 11.2 Å². The Balaban J connectivity index is 1.44. The average Bonchev–Trinajstić information content (AvgIpc) is 3.09. The van der Waals surface area contributed by atoms with Crippen molar-refractivity contribution in [3.8, 4) is 5.75 Å². The fourth-order valence-electron chi connectivity index (χ4n) is 3.36. The van der Waals surface area contributed by atoms with Crippen molar-refractivity contribution in [2.45, 2.75) is 38.6 Å². The van der Waals surface area contributed by atoms with Gasteiger partial charge in [0.25, 0.3) is 5.91 Å². The van der Waals surface area contributed by atoms with Gasteiger partial charge in [-0.3, -0.25) is 14.5 Å². The molecular weight excluding hydrogens is 318 g/mol. The maximum atomic E-state index is 12.5. The molecule has 6 heteroatoms. The molecule has 0 bridgehead atoms. The van der Waals surface area contributed by atoms with E-state index in [1.807, 2.05) is 25.1 Å². The van der Waals surface area contributed by atoms with E-state index in [4.69, 9.17) is 4.74 Å². The summed E-state index contributed by atoms with van der Waals surface area (Å²) in [6.45, 7) is 5.60. The molecule has 2 N–H and O–H groups in total. The van der Waals surface area contributed by atoms with E-state index in [0.717, 1.165) is 56.6 Å². The Labute approximate surface area is 148 Å². The first-order chi connectivity index (χ1) is 12.2. The van der Waals surface area contributed by atoms with Gasteiger partial charge in [0.1, 0.15) is 5.75 Å². The van der Waals surface area contributed by atoms with E-state index in [0.29, 0.717) is 18.7 Å². The second-order valence-corrected chi connectivity index (χ2v) is 6.79. The van der Waals surface area contributed by atoms with Gasteiger partial charge in [0.05, 0.1) is 13.2 Å². The molecule has 0 atom stereocenters. The molecule has 0 spiro atoms.